The first-order valence-electron chi connectivity index (χ1n) is 5.40. The molecule has 0 nitrogen and oxygen atoms in total. The molecule has 1 unspecified atom stereocenters. The molecule has 2 rings (SSSR count). The van der Waals surface area contributed by atoms with Crippen LogP contribution in [0, 0.1) is 5.82 Å². The van der Waals surface area contributed by atoms with Crippen LogP contribution < -0.4 is 0 Å². The standard InChI is InChI=1S/C14H10Br2ClF/c15-13(7-9-1-3-10(17)4-2-9)12-6-5-11(18)8-14(12)16/h1-6,8,13H,7H2. The number of hydrogen-bond donors (Lipinski definition) is 0. The van der Waals surface area contributed by atoms with E-state index in [0.29, 0.717) is 0 Å². The highest BCUT2D eigenvalue weighted by molar-refractivity contribution is 9.11. The van der Waals surface area contributed by atoms with Gasteiger partial charge in [-0.15, -0.1) is 0 Å². The fraction of sp³-hybridized carbons (Fsp3) is 0.143. The van der Waals surface area contributed by atoms with E-state index >= 15 is 0 Å². The summed E-state index contributed by atoms with van der Waals surface area (Å²) in [6.07, 6.45) is 0.821. The van der Waals surface area contributed by atoms with Crippen molar-refractivity contribution in [1.29, 1.82) is 0 Å². The molecule has 94 valence electrons. The van der Waals surface area contributed by atoms with Crippen molar-refractivity contribution in [3.8, 4) is 0 Å². The quantitative estimate of drug-likeness (QED) is 0.569. The van der Waals surface area contributed by atoms with Gasteiger partial charge in [-0.2, -0.15) is 0 Å². The van der Waals surface area contributed by atoms with Crippen LogP contribution in [0.1, 0.15) is 16.0 Å². The molecule has 0 aliphatic rings. The van der Waals surface area contributed by atoms with Gasteiger partial charge in [0.15, 0.2) is 0 Å². The van der Waals surface area contributed by atoms with E-state index in [1.54, 1.807) is 6.07 Å². The van der Waals surface area contributed by atoms with Crippen LogP contribution in [0.15, 0.2) is 46.9 Å². The summed E-state index contributed by atoms with van der Waals surface area (Å²) in [5, 5.41) is 0.729. The lowest BCUT2D eigenvalue weighted by Gasteiger charge is -2.12. The van der Waals surface area contributed by atoms with Crippen molar-refractivity contribution in [2.45, 2.75) is 11.2 Å². The first-order chi connectivity index (χ1) is 8.56. The number of halogens is 4. The van der Waals surface area contributed by atoms with Crippen molar-refractivity contribution in [1.82, 2.24) is 0 Å². The molecule has 4 heteroatoms. The first kappa shape index (κ1) is 14.0. The molecule has 0 saturated carbocycles. The summed E-state index contributed by atoms with van der Waals surface area (Å²) < 4.78 is 13.8. The zero-order valence-electron chi connectivity index (χ0n) is 9.34. The SMILES string of the molecule is Fc1ccc(C(Br)Cc2ccc(Cl)cc2)c(Br)c1. The predicted molar refractivity (Wildman–Crippen MR) is 80.9 cm³/mol. The van der Waals surface area contributed by atoms with Crippen LogP contribution in [0.5, 0.6) is 0 Å². The van der Waals surface area contributed by atoms with Gasteiger partial charge in [0.25, 0.3) is 0 Å². The molecule has 0 N–H and O–H groups in total. The lowest BCUT2D eigenvalue weighted by atomic mass is 10.0. The van der Waals surface area contributed by atoms with Gasteiger partial charge < -0.3 is 0 Å². The second kappa shape index (κ2) is 6.18. The monoisotopic (exact) mass is 390 g/mol. The molecule has 18 heavy (non-hydrogen) atoms. The molecule has 2 aromatic rings. The molecule has 0 aromatic heterocycles. The average Bonchev–Trinajstić information content (AvgIpc) is 2.32. The molecule has 0 amide bonds. The van der Waals surface area contributed by atoms with Gasteiger partial charge in [0.05, 0.1) is 0 Å². The van der Waals surface area contributed by atoms with E-state index in [1.807, 2.05) is 24.3 Å². The molecule has 0 heterocycles. The minimum atomic E-state index is -0.239. The molecule has 0 aliphatic carbocycles. The van der Waals surface area contributed by atoms with Gasteiger partial charge in [-0.1, -0.05) is 61.7 Å². The lowest BCUT2D eigenvalue weighted by molar-refractivity contribution is 0.626. The van der Waals surface area contributed by atoms with Crippen LogP contribution in [0.3, 0.4) is 0 Å². The Balaban J connectivity index is 2.16. The Morgan fingerprint density at radius 3 is 2.39 bits per heavy atom. The summed E-state index contributed by atoms with van der Waals surface area (Å²) in [5.41, 5.74) is 2.21. The van der Waals surface area contributed by atoms with E-state index in [4.69, 9.17) is 11.6 Å². The van der Waals surface area contributed by atoms with Gasteiger partial charge >= 0.3 is 0 Å². The summed E-state index contributed by atoms with van der Waals surface area (Å²) >= 11 is 12.9. The minimum absolute atomic E-state index is 0.133. The summed E-state index contributed by atoms with van der Waals surface area (Å²) in [7, 11) is 0. The summed E-state index contributed by atoms with van der Waals surface area (Å²) in [5.74, 6) is -0.239. The van der Waals surface area contributed by atoms with Gasteiger partial charge in [-0.3, -0.25) is 0 Å². The Bertz CT molecular complexity index is 540. The number of rotatable bonds is 3. The van der Waals surface area contributed by atoms with Gasteiger partial charge in [0.1, 0.15) is 5.82 Å². The van der Waals surface area contributed by atoms with E-state index in [1.165, 1.54) is 17.7 Å². The highest BCUT2D eigenvalue weighted by atomic mass is 79.9. The van der Waals surface area contributed by atoms with Crippen molar-refractivity contribution < 1.29 is 4.39 Å². The molecular formula is C14H10Br2ClF. The summed E-state index contributed by atoms with van der Waals surface area (Å²) in [4.78, 5) is 0.133. The first-order valence-corrected chi connectivity index (χ1v) is 7.48. The molecule has 0 spiro atoms. The highest BCUT2D eigenvalue weighted by Crippen LogP contribution is 2.33. The average molecular weight is 392 g/mol. The smallest absolute Gasteiger partial charge is 0.124 e. The molecule has 0 saturated heterocycles. The third-order valence-corrected chi connectivity index (χ3v) is 4.38. The molecular weight excluding hydrogens is 382 g/mol. The maximum Gasteiger partial charge on any atom is 0.124 e. The van der Waals surface area contributed by atoms with Crippen LogP contribution in [0.2, 0.25) is 5.02 Å². The number of benzene rings is 2. The Labute approximate surface area is 127 Å². The van der Waals surface area contributed by atoms with Crippen LogP contribution in [0.25, 0.3) is 0 Å². The molecule has 1 atom stereocenters. The third kappa shape index (κ3) is 3.56. The highest BCUT2D eigenvalue weighted by Gasteiger charge is 2.12. The maximum atomic E-state index is 13.0. The molecule has 0 bridgehead atoms. The zero-order chi connectivity index (χ0) is 13.1. The van der Waals surface area contributed by atoms with E-state index < -0.39 is 0 Å². The normalized spacial score (nSPS) is 12.4. The lowest BCUT2D eigenvalue weighted by Crippen LogP contribution is -1.97. The summed E-state index contributed by atoms with van der Waals surface area (Å²) in [6, 6.07) is 12.5. The predicted octanol–water partition coefficient (Wildman–Crippen LogP) is 5.92. The second-order valence-electron chi connectivity index (χ2n) is 3.96. The van der Waals surface area contributed by atoms with E-state index in [9.17, 15) is 4.39 Å². The van der Waals surface area contributed by atoms with Crippen LogP contribution >= 0.6 is 43.5 Å². The van der Waals surface area contributed by atoms with Gasteiger partial charge in [-0.05, 0) is 41.8 Å². The summed E-state index contributed by atoms with van der Waals surface area (Å²) in [6.45, 7) is 0. The van der Waals surface area contributed by atoms with Gasteiger partial charge in [-0.25, -0.2) is 4.39 Å². The van der Waals surface area contributed by atoms with Crippen LogP contribution in [-0.2, 0) is 6.42 Å². The Morgan fingerprint density at radius 1 is 1.11 bits per heavy atom. The second-order valence-corrected chi connectivity index (χ2v) is 6.36. The Morgan fingerprint density at radius 2 is 1.78 bits per heavy atom. The molecule has 0 fully saturated rings. The van der Waals surface area contributed by atoms with Crippen molar-refractivity contribution in [2.24, 2.45) is 0 Å². The topological polar surface area (TPSA) is 0 Å². The van der Waals surface area contributed by atoms with Crippen molar-refractivity contribution >= 4 is 43.5 Å². The largest absolute Gasteiger partial charge is 0.207 e. The third-order valence-electron chi connectivity index (χ3n) is 2.63. The van der Waals surface area contributed by atoms with Gasteiger partial charge in [0, 0.05) is 14.3 Å². The zero-order valence-corrected chi connectivity index (χ0v) is 13.3. The molecule has 0 radical (unpaired) electrons. The van der Waals surface area contributed by atoms with E-state index in [2.05, 4.69) is 31.9 Å². The minimum Gasteiger partial charge on any atom is -0.207 e. The fourth-order valence-electron chi connectivity index (χ4n) is 1.69. The number of alkyl halides is 1. The Hall–Kier alpha value is -0.380. The fourth-order valence-corrected chi connectivity index (χ4v) is 3.53. The maximum absolute atomic E-state index is 13.0. The van der Waals surface area contributed by atoms with Crippen molar-refractivity contribution in [3.05, 3.63) is 68.9 Å². The van der Waals surface area contributed by atoms with Crippen molar-refractivity contribution in [2.75, 3.05) is 0 Å². The molecule has 0 aliphatic heterocycles. The van der Waals surface area contributed by atoms with E-state index in [-0.39, 0.29) is 10.6 Å². The van der Waals surface area contributed by atoms with Crippen LogP contribution in [-0.4, -0.2) is 0 Å². The Kier molecular flexibility index (Phi) is 4.82. The van der Waals surface area contributed by atoms with Gasteiger partial charge in [0.2, 0.25) is 0 Å². The molecule has 2 aromatic carbocycles. The van der Waals surface area contributed by atoms with Crippen molar-refractivity contribution in [3.63, 3.8) is 0 Å². The van der Waals surface area contributed by atoms with Crippen LogP contribution in [0.4, 0.5) is 4.39 Å². The number of hydrogen-bond acceptors (Lipinski definition) is 0. The van der Waals surface area contributed by atoms with E-state index in [0.717, 1.165) is 21.5 Å².